The van der Waals surface area contributed by atoms with Crippen molar-refractivity contribution in [2.45, 2.75) is 44.2 Å². The largest absolute Gasteiger partial charge is 0.486 e. The van der Waals surface area contributed by atoms with Gasteiger partial charge < -0.3 is 9.47 Å². The Morgan fingerprint density at radius 3 is 2.68 bits per heavy atom. The number of hydrogen-bond acceptors (Lipinski definition) is 6. The van der Waals surface area contributed by atoms with E-state index in [2.05, 4.69) is 22.0 Å². The molecule has 0 amide bonds. The van der Waals surface area contributed by atoms with E-state index in [9.17, 15) is 14.9 Å². The first-order valence-electron chi connectivity index (χ1n) is 9.94. The SMILES string of the molecule is Cc1ccccc1C(=O)SC[C@@H](C)C(=O)O[C@H]1c2cc(C#N)ccc2OC(C)(C)[C@@H]1Br. The van der Waals surface area contributed by atoms with Gasteiger partial charge in [0.25, 0.3) is 0 Å². The van der Waals surface area contributed by atoms with Gasteiger partial charge in [0, 0.05) is 16.9 Å². The molecule has 3 atom stereocenters. The maximum atomic E-state index is 12.9. The quantitative estimate of drug-likeness (QED) is 0.392. The second kappa shape index (κ2) is 9.46. The summed E-state index contributed by atoms with van der Waals surface area (Å²) in [4.78, 5) is 25.1. The van der Waals surface area contributed by atoms with Crippen LogP contribution in [0.4, 0.5) is 0 Å². The fourth-order valence-electron chi connectivity index (χ4n) is 3.31. The van der Waals surface area contributed by atoms with Crippen molar-refractivity contribution in [1.82, 2.24) is 0 Å². The number of nitrogens with zero attached hydrogens (tertiary/aromatic N) is 1. The lowest BCUT2D eigenvalue weighted by atomic mass is 9.90. The van der Waals surface area contributed by atoms with Crippen molar-refractivity contribution in [3.05, 3.63) is 64.7 Å². The summed E-state index contributed by atoms with van der Waals surface area (Å²) in [6.07, 6.45) is -0.612. The fraction of sp³-hybridized carbons (Fsp3) is 0.375. The van der Waals surface area contributed by atoms with Gasteiger partial charge in [0.05, 0.1) is 22.4 Å². The number of ether oxygens (including phenoxy) is 2. The molecule has 2 aromatic carbocycles. The summed E-state index contributed by atoms with van der Waals surface area (Å²) in [5.74, 6) is 0.0300. The third-order valence-corrected chi connectivity index (χ3v) is 7.95. The minimum atomic E-state index is -0.620. The molecule has 162 valence electrons. The first-order chi connectivity index (χ1) is 14.6. The van der Waals surface area contributed by atoms with E-state index in [1.54, 1.807) is 31.2 Å². The number of hydrogen-bond donors (Lipinski definition) is 0. The molecule has 1 heterocycles. The monoisotopic (exact) mass is 501 g/mol. The Morgan fingerprint density at radius 1 is 1.29 bits per heavy atom. The highest BCUT2D eigenvalue weighted by atomic mass is 79.9. The zero-order valence-corrected chi connectivity index (χ0v) is 20.2. The van der Waals surface area contributed by atoms with Crippen molar-refractivity contribution in [3.63, 3.8) is 0 Å². The molecule has 0 radical (unpaired) electrons. The highest BCUT2D eigenvalue weighted by Crippen LogP contribution is 2.45. The van der Waals surface area contributed by atoms with Gasteiger partial charge in [0.15, 0.2) is 0 Å². The van der Waals surface area contributed by atoms with Crippen LogP contribution in [0.3, 0.4) is 0 Å². The van der Waals surface area contributed by atoms with E-state index in [1.807, 2.05) is 39.0 Å². The number of nitriles is 1. The third kappa shape index (κ3) is 5.13. The second-order valence-corrected chi connectivity index (χ2v) is 10.1. The maximum Gasteiger partial charge on any atom is 0.310 e. The van der Waals surface area contributed by atoms with E-state index < -0.39 is 23.6 Å². The number of alkyl halides is 1. The Bertz CT molecular complexity index is 1050. The van der Waals surface area contributed by atoms with Gasteiger partial charge in [-0.1, -0.05) is 58.9 Å². The Labute approximate surface area is 195 Å². The van der Waals surface area contributed by atoms with Gasteiger partial charge in [0.2, 0.25) is 5.12 Å². The van der Waals surface area contributed by atoms with E-state index >= 15 is 0 Å². The van der Waals surface area contributed by atoms with Gasteiger partial charge in [-0.3, -0.25) is 9.59 Å². The van der Waals surface area contributed by atoms with Crippen molar-refractivity contribution in [2.24, 2.45) is 5.92 Å². The average Bonchev–Trinajstić information content (AvgIpc) is 2.74. The van der Waals surface area contributed by atoms with Crippen molar-refractivity contribution in [1.29, 1.82) is 5.26 Å². The number of rotatable bonds is 5. The Hall–Kier alpha value is -2.30. The number of fused-ring (bicyclic) bond motifs is 1. The minimum Gasteiger partial charge on any atom is -0.486 e. The summed E-state index contributed by atoms with van der Waals surface area (Å²) < 4.78 is 11.9. The smallest absolute Gasteiger partial charge is 0.310 e. The molecule has 0 saturated heterocycles. The fourth-order valence-corrected chi connectivity index (χ4v) is 4.72. The summed E-state index contributed by atoms with van der Waals surface area (Å²) in [6.45, 7) is 7.46. The van der Waals surface area contributed by atoms with Gasteiger partial charge in [0.1, 0.15) is 17.5 Å². The zero-order valence-electron chi connectivity index (χ0n) is 17.8. The Morgan fingerprint density at radius 2 is 2.00 bits per heavy atom. The molecule has 0 spiro atoms. The topological polar surface area (TPSA) is 76.4 Å². The summed E-state index contributed by atoms with van der Waals surface area (Å²) in [5.41, 5.74) is 2.06. The molecular formula is C24H24BrNO4S. The Kier molecular flexibility index (Phi) is 7.13. The first-order valence-corrected chi connectivity index (χ1v) is 11.8. The Balaban J connectivity index is 1.72. The molecule has 0 saturated carbocycles. The standard InChI is InChI=1S/C24H24BrNO4S/c1-14-7-5-6-8-17(14)23(28)31-13-15(2)22(27)29-20-18-11-16(12-26)9-10-19(18)30-24(3,4)21(20)25/h5-11,15,20-21H,13H2,1-4H3/t15-,20+,21-/m1/s1. The van der Waals surface area contributed by atoms with Crippen molar-refractivity contribution >= 4 is 38.8 Å². The molecule has 0 bridgehead atoms. The van der Waals surface area contributed by atoms with Gasteiger partial charge in [-0.25, -0.2) is 0 Å². The highest BCUT2D eigenvalue weighted by molar-refractivity contribution is 9.09. The van der Waals surface area contributed by atoms with Crippen LogP contribution in [0.5, 0.6) is 5.75 Å². The van der Waals surface area contributed by atoms with Crippen molar-refractivity contribution in [3.8, 4) is 11.8 Å². The van der Waals surface area contributed by atoms with E-state index in [-0.39, 0.29) is 9.94 Å². The van der Waals surface area contributed by atoms with Crippen LogP contribution in [-0.2, 0) is 9.53 Å². The van der Waals surface area contributed by atoms with E-state index in [1.165, 1.54) is 0 Å². The molecule has 0 aromatic heterocycles. The summed E-state index contributed by atoms with van der Waals surface area (Å²) in [6, 6.07) is 14.6. The number of aryl methyl sites for hydroxylation is 1. The van der Waals surface area contributed by atoms with Crippen LogP contribution < -0.4 is 4.74 Å². The minimum absolute atomic E-state index is 0.0627. The molecular weight excluding hydrogens is 478 g/mol. The molecule has 0 N–H and O–H groups in total. The maximum absolute atomic E-state index is 12.9. The lowest BCUT2D eigenvalue weighted by molar-refractivity contribution is -0.156. The van der Waals surface area contributed by atoms with Gasteiger partial charge in [-0.2, -0.15) is 5.26 Å². The summed E-state index contributed by atoms with van der Waals surface area (Å²) >= 11 is 4.74. The van der Waals surface area contributed by atoms with E-state index in [0.29, 0.717) is 28.2 Å². The molecule has 3 rings (SSSR count). The van der Waals surface area contributed by atoms with Crippen LogP contribution in [0.15, 0.2) is 42.5 Å². The second-order valence-electron chi connectivity index (χ2n) is 8.14. The molecule has 2 aromatic rings. The van der Waals surface area contributed by atoms with Crippen LogP contribution in [-0.4, -0.2) is 27.3 Å². The zero-order chi connectivity index (χ0) is 22.8. The number of halogens is 1. The van der Waals surface area contributed by atoms with Crippen LogP contribution in [0.1, 0.15) is 53.9 Å². The van der Waals surface area contributed by atoms with Crippen LogP contribution in [0.2, 0.25) is 0 Å². The first kappa shape index (κ1) is 23.4. The number of carbonyl (C=O) groups is 2. The van der Waals surface area contributed by atoms with Crippen molar-refractivity contribution < 1.29 is 19.1 Å². The van der Waals surface area contributed by atoms with Crippen LogP contribution >= 0.6 is 27.7 Å². The number of benzene rings is 2. The van der Waals surface area contributed by atoms with Gasteiger partial charge >= 0.3 is 5.97 Å². The molecule has 7 heteroatoms. The van der Waals surface area contributed by atoms with Crippen LogP contribution in [0, 0.1) is 24.2 Å². The molecule has 1 aliphatic heterocycles. The number of thioether (sulfide) groups is 1. The molecule has 5 nitrogen and oxygen atoms in total. The van der Waals surface area contributed by atoms with Crippen molar-refractivity contribution in [2.75, 3.05) is 5.75 Å². The molecule has 31 heavy (non-hydrogen) atoms. The normalized spacial score (nSPS) is 20.0. The number of carbonyl (C=O) groups excluding carboxylic acids is 2. The third-order valence-electron chi connectivity index (χ3n) is 5.22. The highest BCUT2D eigenvalue weighted by Gasteiger charge is 2.45. The van der Waals surface area contributed by atoms with Gasteiger partial charge in [-0.05, 0) is 44.5 Å². The molecule has 1 aliphatic rings. The lowest BCUT2D eigenvalue weighted by Gasteiger charge is -2.41. The summed E-state index contributed by atoms with van der Waals surface area (Å²) in [7, 11) is 0. The van der Waals surface area contributed by atoms with E-state index in [4.69, 9.17) is 9.47 Å². The van der Waals surface area contributed by atoms with Gasteiger partial charge in [-0.15, -0.1) is 0 Å². The summed E-state index contributed by atoms with van der Waals surface area (Å²) in [5, 5.41) is 9.19. The molecule has 0 fully saturated rings. The molecule has 0 aliphatic carbocycles. The van der Waals surface area contributed by atoms with E-state index in [0.717, 1.165) is 17.3 Å². The predicted octanol–water partition coefficient (Wildman–Crippen LogP) is 5.60. The number of esters is 1. The predicted molar refractivity (Wildman–Crippen MR) is 125 cm³/mol. The molecule has 0 unspecified atom stereocenters. The lowest BCUT2D eigenvalue weighted by Crippen LogP contribution is -2.47. The average molecular weight is 502 g/mol. The van der Waals surface area contributed by atoms with Crippen LogP contribution in [0.25, 0.3) is 0 Å².